The summed E-state index contributed by atoms with van der Waals surface area (Å²) in [6.45, 7) is 2.25. The number of aliphatic carboxylic acids is 1. The van der Waals surface area contributed by atoms with E-state index in [0.717, 1.165) is 18.9 Å². The minimum atomic E-state index is -0.959. The Balaban J connectivity index is 3.42. The van der Waals surface area contributed by atoms with Gasteiger partial charge in [0.2, 0.25) is 0 Å². The van der Waals surface area contributed by atoms with Crippen LogP contribution in [0.3, 0.4) is 0 Å². The minimum Gasteiger partial charge on any atom is -0.478 e. The van der Waals surface area contributed by atoms with Crippen LogP contribution in [0.5, 0.6) is 0 Å². The van der Waals surface area contributed by atoms with Crippen LogP contribution in [0.25, 0.3) is 0 Å². The molecule has 1 atom stereocenters. The summed E-state index contributed by atoms with van der Waals surface area (Å²) >= 11 is 0. The van der Waals surface area contributed by atoms with E-state index in [1.807, 2.05) is 0 Å². The van der Waals surface area contributed by atoms with E-state index in [0.29, 0.717) is 0 Å². The lowest BCUT2D eigenvalue weighted by Gasteiger charge is -2.05. The molecule has 1 unspecified atom stereocenters. The highest BCUT2D eigenvalue weighted by Crippen LogP contribution is 2.12. The van der Waals surface area contributed by atoms with Crippen LogP contribution in [0.15, 0.2) is 36.5 Å². The van der Waals surface area contributed by atoms with Gasteiger partial charge in [-0.15, -0.1) is 0 Å². The van der Waals surface area contributed by atoms with Crippen molar-refractivity contribution in [3.05, 3.63) is 36.5 Å². The molecule has 0 aromatic carbocycles. The van der Waals surface area contributed by atoms with Crippen LogP contribution in [-0.2, 0) is 4.79 Å². The lowest BCUT2D eigenvalue weighted by Crippen LogP contribution is -2.01. The van der Waals surface area contributed by atoms with Crippen molar-refractivity contribution in [2.45, 2.75) is 83.7 Å². The van der Waals surface area contributed by atoms with Gasteiger partial charge in [0.15, 0.2) is 0 Å². The van der Waals surface area contributed by atoms with Gasteiger partial charge in [-0.3, -0.25) is 0 Å². The van der Waals surface area contributed by atoms with Crippen molar-refractivity contribution in [2.24, 2.45) is 0 Å². The number of carboxylic acid groups (broad SMARTS) is 1. The molecular weight excluding hydrogens is 288 g/mol. The van der Waals surface area contributed by atoms with E-state index in [-0.39, 0.29) is 0 Å². The molecule has 0 aliphatic carbocycles. The monoisotopic (exact) mass is 322 g/mol. The molecule has 0 radical (unpaired) electrons. The van der Waals surface area contributed by atoms with Gasteiger partial charge in [0.1, 0.15) is 0 Å². The summed E-state index contributed by atoms with van der Waals surface area (Å²) in [5.41, 5.74) is 0. The molecule has 0 saturated carbocycles. The Bertz CT molecular complexity index is 356. The molecule has 0 amide bonds. The third-order valence-corrected chi connectivity index (χ3v) is 3.76. The van der Waals surface area contributed by atoms with Crippen molar-refractivity contribution in [1.29, 1.82) is 0 Å². The van der Waals surface area contributed by atoms with Crippen molar-refractivity contribution in [3.63, 3.8) is 0 Å². The fourth-order valence-electron chi connectivity index (χ4n) is 2.40. The molecule has 0 saturated heterocycles. The van der Waals surface area contributed by atoms with Crippen LogP contribution >= 0.6 is 0 Å². The van der Waals surface area contributed by atoms with E-state index < -0.39 is 12.1 Å². The zero-order valence-corrected chi connectivity index (χ0v) is 14.6. The number of unbranched alkanes of at least 4 members (excludes halogenated alkanes) is 9. The first-order valence-electron chi connectivity index (χ1n) is 9.09. The van der Waals surface area contributed by atoms with Gasteiger partial charge >= 0.3 is 5.97 Å². The average Bonchev–Trinajstić information content (AvgIpc) is 2.52. The second-order valence-corrected chi connectivity index (χ2v) is 6.01. The largest absolute Gasteiger partial charge is 0.478 e. The summed E-state index contributed by atoms with van der Waals surface area (Å²) in [4.78, 5) is 10.2. The summed E-state index contributed by atoms with van der Waals surface area (Å²) in [7, 11) is 0. The van der Waals surface area contributed by atoms with Crippen LogP contribution in [-0.4, -0.2) is 22.3 Å². The number of carbonyl (C=O) groups is 1. The lowest BCUT2D eigenvalue weighted by atomic mass is 10.0. The first-order valence-corrected chi connectivity index (χ1v) is 9.09. The topological polar surface area (TPSA) is 57.5 Å². The molecule has 0 fully saturated rings. The lowest BCUT2D eigenvalue weighted by molar-refractivity contribution is -0.131. The highest BCUT2D eigenvalue weighted by Gasteiger charge is 1.98. The van der Waals surface area contributed by atoms with Crippen LogP contribution < -0.4 is 0 Å². The standard InChI is InChI=1S/C20H34O3/c1-2-3-4-5-6-7-8-9-10-13-16-19(21)17-14-11-12-15-18-20(22)23/h11-12,14-15,17-19,21H,2-10,13,16H2,1H3,(H,22,23). The van der Waals surface area contributed by atoms with Gasteiger partial charge in [-0.05, 0) is 6.42 Å². The van der Waals surface area contributed by atoms with Crippen molar-refractivity contribution in [3.8, 4) is 0 Å². The van der Waals surface area contributed by atoms with Crippen LogP contribution in [0.1, 0.15) is 77.6 Å². The number of hydrogen-bond acceptors (Lipinski definition) is 2. The van der Waals surface area contributed by atoms with E-state index in [4.69, 9.17) is 5.11 Å². The van der Waals surface area contributed by atoms with Gasteiger partial charge in [0.25, 0.3) is 0 Å². The first-order chi connectivity index (χ1) is 11.2. The maximum absolute atomic E-state index is 10.2. The molecule has 3 nitrogen and oxygen atoms in total. The third-order valence-electron chi connectivity index (χ3n) is 3.76. The summed E-state index contributed by atoms with van der Waals surface area (Å²) in [6.07, 6.45) is 22.8. The normalized spacial score (nSPS) is 13.5. The van der Waals surface area contributed by atoms with E-state index in [9.17, 15) is 9.90 Å². The van der Waals surface area contributed by atoms with Gasteiger partial charge in [-0.2, -0.15) is 0 Å². The van der Waals surface area contributed by atoms with Crippen LogP contribution in [0, 0.1) is 0 Å². The van der Waals surface area contributed by atoms with E-state index in [1.54, 1.807) is 24.3 Å². The van der Waals surface area contributed by atoms with Crippen molar-refractivity contribution >= 4 is 5.97 Å². The van der Waals surface area contributed by atoms with Crippen molar-refractivity contribution < 1.29 is 15.0 Å². The average molecular weight is 322 g/mol. The number of hydrogen-bond donors (Lipinski definition) is 2. The molecule has 23 heavy (non-hydrogen) atoms. The summed E-state index contributed by atoms with van der Waals surface area (Å²) in [5, 5.41) is 18.2. The minimum absolute atomic E-state index is 0.405. The Kier molecular flexibility index (Phi) is 16.0. The Morgan fingerprint density at radius 2 is 1.35 bits per heavy atom. The van der Waals surface area contributed by atoms with Crippen molar-refractivity contribution in [2.75, 3.05) is 0 Å². The first kappa shape index (κ1) is 21.6. The number of allylic oxidation sites excluding steroid dienone is 4. The molecule has 0 aromatic heterocycles. The molecule has 0 aromatic rings. The second kappa shape index (κ2) is 17.0. The maximum Gasteiger partial charge on any atom is 0.328 e. The predicted molar refractivity (Wildman–Crippen MR) is 97.5 cm³/mol. The van der Waals surface area contributed by atoms with Crippen LogP contribution in [0.4, 0.5) is 0 Å². The SMILES string of the molecule is CCCCCCCCCCCCC(O)C=CC=CC=CC(=O)O. The molecule has 3 heteroatoms. The van der Waals surface area contributed by atoms with E-state index in [2.05, 4.69) is 6.92 Å². The third kappa shape index (κ3) is 18.6. The van der Waals surface area contributed by atoms with Gasteiger partial charge in [-0.25, -0.2) is 4.79 Å². The fraction of sp³-hybridized carbons (Fsp3) is 0.650. The second-order valence-electron chi connectivity index (χ2n) is 6.01. The number of rotatable bonds is 15. The zero-order valence-electron chi connectivity index (χ0n) is 14.6. The summed E-state index contributed by atoms with van der Waals surface area (Å²) in [5.74, 6) is -0.959. The highest BCUT2D eigenvalue weighted by molar-refractivity contribution is 5.80. The molecule has 0 aliphatic rings. The Labute approximate surface area is 141 Å². The van der Waals surface area contributed by atoms with Gasteiger partial charge in [0.05, 0.1) is 6.10 Å². The Hall–Kier alpha value is -1.35. The highest BCUT2D eigenvalue weighted by atomic mass is 16.4. The molecule has 132 valence electrons. The summed E-state index contributed by atoms with van der Waals surface area (Å²) in [6, 6.07) is 0. The van der Waals surface area contributed by atoms with Gasteiger partial charge < -0.3 is 10.2 Å². The van der Waals surface area contributed by atoms with Crippen LogP contribution in [0.2, 0.25) is 0 Å². The molecule has 0 aliphatic heterocycles. The van der Waals surface area contributed by atoms with E-state index in [1.165, 1.54) is 63.9 Å². The molecule has 0 rings (SSSR count). The quantitative estimate of drug-likeness (QED) is 0.241. The molecule has 2 N–H and O–H groups in total. The van der Waals surface area contributed by atoms with E-state index >= 15 is 0 Å². The number of carboxylic acids is 1. The maximum atomic E-state index is 10.2. The fourth-order valence-corrected chi connectivity index (χ4v) is 2.40. The predicted octanol–water partition coefficient (Wildman–Crippen LogP) is 5.41. The smallest absolute Gasteiger partial charge is 0.328 e. The van der Waals surface area contributed by atoms with Crippen molar-refractivity contribution in [1.82, 2.24) is 0 Å². The van der Waals surface area contributed by atoms with Gasteiger partial charge in [-0.1, -0.05) is 102 Å². The Morgan fingerprint density at radius 3 is 1.91 bits per heavy atom. The number of aliphatic hydroxyl groups excluding tert-OH is 1. The molecule has 0 heterocycles. The molecule has 0 spiro atoms. The number of aliphatic hydroxyl groups is 1. The Morgan fingerprint density at radius 1 is 0.826 bits per heavy atom. The zero-order chi connectivity index (χ0) is 17.2. The molecule has 0 bridgehead atoms. The van der Waals surface area contributed by atoms with Gasteiger partial charge in [0, 0.05) is 6.08 Å². The summed E-state index contributed by atoms with van der Waals surface area (Å²) < 4.78 is 0. The molecular formula is C20H34O3.